The first-order chi connectivity index (χ1) is 6.61. The number of nitrogens with two attached hydrogens (primary N) is 1. The van der Waals surface area contributed by atoms with Crippen molar-refractivity contribution in [1.29, 1.82) is 0 Å². The Morgan fingerprint density at radius 1 is 1.43 bits per heavy atom. The maximum atomic E-state index is 10.4. The van der Waals surface area contributed by atoms with Gasteiger partial charge in [0.05, 0.1) is 0 Å². The van der Waals surface area contributed by atoms with Gasteiger partial charge in [0.1, 0.15) is 6.04 Å². The maximum Gasteiger partial charge on any atom is 0.320 e. The summed E-state index contributed by atoms with van der Waals surface area (Å²) in [6.07, 6.45) is 2.24. The van der Waals surface area contributed by atoms with E-state index >= 15 is 0 Å². The van der Waals surface area contributed by atoms with E-state index in [0.717, 1.165) is 19.4 Å². The third kappa shape index (κ3) is 5.87. The molecular weight excluding hydrogens is 184 g/mol. The lowest BCUT2D eigenvalue weighted by Crippen LogP contribution is -2.44. The van der Waals surface area contributed by atoms with Gasteiger partial charge in [0.25, 0.3) is 0 Å². The molecule has 0 radical (unpaired) electrons. The van der Waals surface area contributed by atoms with Crippen molar-refractivity contribution in [2.45, 2.75) is 25.3 Å². The number of carbonyl (C=O) groups is 1. The van der Waals surface area contributed by atoms with Gasteiger partial charge in [-0.05, 0) is 19.3 Å². The highest BCUT2D eigenvalue weighted by Gasteiger charge is 2.10. The molecule has 5 N–H and O–H groups in total. The number of unbranched alkanes of at least 4 members (excludes halogenated alkanes) is 1. The minimum Gasteiger partial charge on any atom is -0.480 e. The van der Waals surface area contributed by atoms with E-state index in [0.29, 0.717) is 6.42 Å². The van der Waals surface area contributed by atoms with Crippen molar-refractivity contribution >= 4 is 5.97 Å². The zero-order valence-corrected chi connectivity index (χ0v) is 8.79. The van der Waals surface area contributed by atoms with Crippen LogP contribution in [0.3, 0.4) is 0 Å². The van der Waals surface area contributed by atoms with E-state index in [-0.39, 0.29) is 0 Å². The van der Waals surface area contributed by atoms with Crippen molar-refractivity contribution in [2.75, 3.05) is 20.6 Å². The third-order valence-corrected chi connectivity index (χ3v) is 2.00. The molecule has 0 amide bonds. The highest BCUT2D eigenvalue weighted by Crippen LogP contribution is 1.99. The highest BCUT2D eigenvalue weighted by atomic mass is 16.4. The quantitative estimate of drug-likeness (QED) is 0.304. The van der Waals surface area contributed by atoms with E-state index in [1.165, 1.54) is 0 Å². The first kappa shape index (κ1) is 13.3. The van der Waals surface area contributed by atoms with E-state index in [1.807, 2.05) is 19.2 Å². The molecule has 0 aromatic rings. The molecule has 0 saturated heterocycles. The van der Waals surface area contributed by atoms with Gasteiger partial charge in [-0.3, -0.25) is 4.79 Å². The SMILES string of the molecule is CNN(CCCC[C@H](N)C(=O)O)NC. The molecule has 0 aliphatic carbocycles. The lowest BCUT2D eigenvalue weighted by Gasteiger charge is -2.19. The monoisotopic (exact) mass is 204 g/mol. The molecule has 84 valence electrons. The summed E-state index contributed by atoms with van der Waals surface area (Å²) in [6, 6.07) is -0.729. The van der Waals surface area contributed by atoms with Gasteiger partial charge < -0.3 is 10.8 Å². The van der Waals surface area contributed by atoms with Crippen LogP contribution in [0.1, 0.15) is 19.3 Å². The standard InChI is InChI=1S/C8H20N4O2/c1-10-12(11-2)6-4-3-5-7(9)8(13)14/h7,10-11H,3-6,9H2,1-2H3,(H,13,14)/t7-/m0/s1. The molecule has 0 aromatic carbocycles. The van der Waals surface area contributed by atoms with Crippen molar-refractivity contribution in [3.05, 3.63) is 0 Å². The van der Waals surface area contributed by atoms with E-state index in [9.17, 15) is 4.79 Å². The molecule has 6 heteroatoms. The largest absolute Gasteiger partial charge is 0.480 e. The average Bonchev–Trinajstić information content (AvgIpc) is 2.17. The molecular formula is C8H20N4O2. The molecule has 0 saturated carbocycles. The number of nitrogens with zero attached hydrogens (tertiary/aromatic N) is 1. The van der Waals surface area contributed by atoms with E-state index in [4.69, 9.17) is 10.8 Å². The second-order valence-electron chi connectivity index (χ2n) is 3.04. The Labute approximate surface area is 84.4 Å². The van der Waals surface area contributed by atoms with Gasteiger partial charge in [-0.25, -0.2) is 10.9 Å². The summed E-state index contributed by atoms with van der Waals surface area (Å²) in [5.74, 6) is -0.927. The minimum atomic E-state index is -0.927. The number of hydrogen-bond donors (Lipinski definition) is 4. The summed E-state index contributed by atoms with van der Waals surface area (Å²) in [4.78, 5) is 10.4. The van der Waals surface area contributed by atoms with Crippen molar-refractivity contribution in [3.63, 3.8) is 0 Å². The van der Waals surface area contributed by atoms with Gasteiger partial charge in [-0.15, -0.1) is 0 Å². The number of aliphatic carboxylic acids is 1. The van der Waals surface area contributed by atoms with Crippen LogP contribution in [0.15, 0.2) is 0 Å². The number of carboxylic acid groups (broad SMARTS) is 1. The zero-order chi connectivity index (χ0) is 11.0. The summed E-state index contributed by atoms with van der Waals surface area (Å²) in [5, 5.41) is 10.3. The summed E-state index contributed by atoms with van der Waals surface area (Å²) >= 11 is 0. The van der Waals surface area contributed by atoms with Crippen LogP contribution in [-0.4, -0.2) is 42.9 Å². The number of nitrogens with one attached hydrogen (secondary N) is 2. The van der Waals surface area contributed by atoms with Crippen LogP contribution >= 0.6 is 0 Å². The van der Waals surface area contributed by atoms with Gasteiger partial charge in [0, 0.05) is 20.6 Å². The lowest BCUT2D eigenvalue weighted by molar-refractivity contribution is -0.138. The lowest BCUT2D eigenvalue weighted by atomic mass is 10.1. The van der Waals surface area contributed by atoms with Crippen molar-refractivity contribution in [2.24, 2.45) is 5.73 Å². The van der Waals surface area contributed by atoms with Crippen molar-refractivity contribution in [3.8, 4) is 0 Å². The molecule has 0 rings (SSSR count). The Morgan fingerprint density at radius 2 is 2.00 bits per heavy atom. The summed E-state index contributed by atoms with van der Waals surface area (Å²) in [5.41, 5.74) is 11.2. The molecule has 0 fully saturated rings. The number of carboxylic acids is 1. The molecule has 14 heavy (non-hydrogen) atoms. The smallest absolute Gasteiger partial charge is 0.320 e. The van der Waals surface area contributed by atoms with Gasteiger partial charge in [-0.2, -0.15) is 5.12 Å². The van der Waals surface area contributed by atoms with E-state index in [1.54, 1.807) is 0 Å². The molecule has 0 aromatic heterocycles. The van der Waals surface area contributed by atoms with Gasteiger partial charge in [0.15, 0.2) is 0 Å². The predicted octanol–water partition coefficient (Wildman–Crippen LogP) is -0.861. The van der Waals surface area contributed by atoms with Gasteiger partial charge in [0.2, 0.25) is 0 Å². The second kappa shape index (κ2) is 7.69. The van der Waals surface area contributed by atoms with Crippen LogP contribution in [0.2, 0.25) is 0 Å². The number of hydrogen-bond acceptors (Lipinski definition) is 5. The Balaban J connectivity index is 3.41. The molecule has 0 unspecified atom stereocenters. The van der Waals surface area contributed by atoms with Crippen molar-refractivity contribution in [1.82, 2.24) is 16.0 Å². The van der Waals surface area contributed by atoms with Crippen molar-refractivity contribution < 1.29 is 9.90 Å². The fourth-order valence-corrected chi connectivity index (χ4v) is 1.09. The molecule has 0 spiro atoms. The minimum absolute atomic E-state index is 0.524. The Bertz CT molecular complexity index is 161. The van der Waals surface area contributed by atoms with Gasteiger partial charge >= 0.3 is 5.97 Å². The van der Waals surface area contributed by atoms with E-state index in [2.05, 4.69) is 10.9 Å². The average molecular weight is 204 g/mol. The molecule has 0 heterocycles. The maximum absolute atomic E-state index is 10.4. The van der Waals surface area contributed by atoms with Crippen LogP contribution in [-0.2, 0) is 4.79 Å². The number of hydrazine groups is 2. The zero-order valence-electron chi connectivity index (χ0n) is 8.79. The fraction of sp³-hybridized carbons (Fsp3) is 0.875. The topological polar surface area (TPSA) is 90.6 Å². The van der Waals surface area contributed by atoms with Crippen LogP contribution in [0.25, 0.3) is 0 Å². The normalized spacial score (nSPS) is 13.1. The third-order valence-electron chi connectivity index (χ3n) is 2.00. The molecule has 6 nitrogen and oxygen atoms in total. The summed E-state index contributed by atoms with van der Waals surface area (Å²) in [6.45, 7) is 0.819. The van der Waals surface area contributed by atoms with Crippen LogP contribution in [0.5, 0.6) is 0 Å². The van der Waals surface area contributed by atoms with Crippen LogP contribution < -0.4 is 16.6 Å². The Kier molecular flexibility index (Phi) is 7.31. The Hall–Kier alpha value is -0.690. The highest BCUT2D eigenvalue weighted by molar-refractivity contribution is 5.72. The first-order valence-electron chi connectivity index (χ1n) is 4.72. The molecule has 0 bridgehead atoms. The Morgan fingerprint density at radius 3 is 2.43 bits per heavy atom. The fourth-order valence-electron chi connectivity index (χ4n) is 1.09. The molecule has 0 aliphatic rings. The summed E-state index contributed by atoms with van der Waals surface area (Å²) < 4.78 is 0. The van der Waals surface area contributed by atoms with Gasteiger partial charge in [-0.1, -0.05) is 0 Å². The van der Waals surface area contributed by atoms with E-state index < -0.39 is 12.0 Å². The van der Waals surface area contributed by atoms with Crippen LogP contribution in [0.4, 0.5) is 0 Å². The summed E-state index contributed by atoms with van der Waals surface area (Å²) in [7, 11) is 3.64. The second-order valence-corrected chi connectivity index (χ2v) is 3.04. The first-order valence-corrected chi connectivity index (χ1v) is 4.72. The molecule has 0 aliphatic heterocycles. The predicted molar refractivity (Wildman–Crippen MR) is 54.3 cm³/mol. The van der Waals surface area contributed by atoms with Crippen LogP contribution in [0, 0.1) is 0 Å². The number of rotatable bonds is 8. The molecule has 1 atom stereocenters.